The number of hydrogen-bond acceptors (Lipinski definition) is 2. The first-order chi connectivity index (χ1) is 6.38. The van der Waals surface area contributed by atoms with E-state index in [0.29, 0.717) is 6.54 Å². The van der Waals surface area contributed by atoms with Crippen LogP contribution in [0.2, 0.25) is 0 Å². The maximum atomic E-state index is 5.57. The van der Waals surface area contributed by atoms with Crippen LogP contribution < -0.4 is 5.73 Å². The summed E-state index contributed by atoms with van der Waals surface area (Å²) >= 11 is 0. The van der Waals surface area contributed by atoms with Crippen molar-refractivity contribution in [3.8, 4) is 0 Å². The molecule has 2 N–H and O–H groups in total. The van der Waals surface area contributed by atoms with Crippen LogP contribution in [-0.2, 0) is 17.8 Å². The Labute approximate surface area is 79.5 Å². The summed E-state index contributed by atoms with van der Waals surface area (Å²) in [6.07, 6.45) is 3.11. The molecule has 0 aliphatic rings. The second-order valence-electron chi connectivity index (χ2n) is 2.95. The van der Waals surface area contributed by atoms with Gasteiger partial charge in [-0.3, -0.25) is 0 Å². The summed E-state index contributed by atoms with van der Waals surface area (Å²) in [7, 11) is 0. The Morgan fingerprint density at radius 3 is 3.08 bits per heavy atom. The van der Waals surface area contributed by atoms with Crippen molar-refractivity contribution in [3.63, 3.8) is 0 Å². The minimum atomic E-state index is 0.613. The van der Waals surface area contributed by atoms with Crippen molar-refractivity contribution in [2.45, 2.75) is 26.4 Å². The third kappa shape index (κ3) is 3.20. The molecule has 13 heavy (non-hydrogen) atoms. The third-order valence-electron chi connectivity index (χ3n) is 2.02. The molecule has 3 nitrogen and oxygen atoms in total. The van der Waals surface area contributed by atoms with Gasteiger partial charge in [-0.05, 0) is 25.5 Å². The Balaban J connectivity index is 2.27. The van der Waals surface area contributed by atoms with Crippen molar-refractivity contribution in [1.29, 1.82) is 0 Å². The van der Waals surface area contributed by atoms with E-state index in [-0.39, 0.29) is 0 Å². The minimum absolute atomic E-state index is 0.613. The van der Waals surface area contributed by atoms with Crippen LogP contribution >= 0.6 is 0 Å². The molecule has 0 aromatic carbocycles. The summed E-state index contributed by atoms with van der Waals surface area (Å²) in [6.45, 7) is 5.26. The lowest BCUT2D eigenvalue weighted by molar-refractivity contribution is 0.141. The predicted octanol–water partition coefficient (Wildman–Crippen LogP) is 1.37. The van der Waals surface area contributed by atoms with Crippen LogP contribution in [0.5, 0.6) is 0 Å². The number of nitrogens with two attached hydrogens (primary N) is 1. The van der Waals surface area contributed by atoms with Crippen molar-refractivity contribution in [2.75, 3.05) is 13.2 Å². The van der Waals surface area contributed by atoms with Crippen LogP contribution in [0.4, 0.5) is 0 Å². The van der Waals surface area contributed by atoms with Gasteiger partial charge in [0.1, 0.15) is 0 Å². The molecule has 1 aromatic rings. The van der Waals surface area contributed by atoms with E-state index in [0.717, 1.165) is 26.2 Å². The normalized spacial score (nSPS) is 10.6. The molecule has 0 spiro atoms. The topological polar surface area (TPSA) is 40.2 Å². The van der Waals surface area contributed by atoms with Crippen molar-refractivity contribution in [2.24, 2.45) is 5.73 Å². The Hall–Kier alpha value is -0.800. The van der Waals surface area contributed by atoms with Gasteiger partial charge in [-0.2, -0.15) is 0 Å². The van der Waals surface area contributed by atoms with Crippen LogP contribution in [0.1, 0.15) is 19.0 Å². The fourth-order valence-corrected chi connectivity index (χ4v) is 1.33. The highest BCUT2D eigenvalue weighted by atomic mass is 16.5. The second-order valence-corrected chi connectivity index (χ2v) is 2.95. The van der Waals surface area contributed by atoms with Crippen molar-refractivity contribution >= 4 is 0 Å². The molecule has 0 radical (unpaired) electrons. The molecule has 0 bridgehead atoms. The van der Waals surface area contributed by atoms with Gasteiger partial charge in [-0.1, -0.05) is 0 Å². The van der Waals surface area contributed by atoms with Gasteiger partial charge < -0.3 is 15.0 Å². The molecule has 1 rings (SSSR count). The number of nitrogens with zero attached hydrogens (tertiary/aromatic N) is 1. The smallest absolute Gasteiger partial charge is 0.0482 e. The molecule has 0 fully saturated rings. The summed E-state index contributed by atoms with van der Waals surface area (Å²) in [5, 5.41) is 0. The Bertz CT molecular complexity index is 233. The average Bonchev–Trinajstić information content (AvgIpc) is 2.60. The molecular weight excluding hydrogens is 164 g/mol. The van der Waals surface area contributed by atoms with E-state index in [1.54, 1.807) is 0 Å². The highest BCUT2D eigenvalue weighted by Crippen LogP contribution is 2.02. The Morgan fingerprint density at radius 2 is 2.38 bits per heavy atom. The third-order valence-corrected chi connectivity index (χ3v) is 2.02. The quantitative estimate of drug-likeness (QED) is 0.675. The zero-order valence-corrected chi connectivity index (χ0v) is 8.20. The zero-order chi connectivity index (χ0) is 9.52. The maximum absolute atomic E-state index is 5.57. The Morgan fingerprint density at radius 1 is 1.54 bits per heavy atom. The molecule has 0 unspecified atom stereocenters. The van der Waals surface area contributed by atoms with Gasteiger partial charge in [0, 0.05) is 38.2 Å². The van der Waals surface area contributed by atoms with Crippen molar-refractivity contribution in [1.82, 2.24) is 4.57 Å². The fraction of sp³-hybridized carbons (Fsp3) is 0.600. The molecule has 1 heterocycles. The first-order valence-corrected chi connectivity index (χ1v) is 4.80. The van der Waals surface area contributed by atoms with E-state index < -0.39 is 0 Å². The minimum Gasteiger partial charge on any atom is -0.382 e. The van der Waals surface area contributed by atoms with Crippen LogP contribution in [0, 0.1) is 0 Å². The number of aryl methyl sites for hydroxylation is 1. The van der Waals surface area contributed by atoms with Crippen molar-refractivity contribution in [3.05, 3.63) is 24.0 Å². The lowest BCUT2D eigenvalue weighted by Gasteiger charge is -2.07. The molecule has 3 heteroatoms. The van der Waals surface area contributed by atoms with Crippen molar-refractivity contribution < 1.29 is 4.74 Å². The summed E-state index contributed by atoms with van der Waals surface area (Å²) in [5.41, 5.74) is 6.76. The SMILES string of the molecule is CCOCCCn1cccc1CN. The van der Waals surface area contributed by atoms with Crippen LogP contribution in [0.15, 0.2) is 18.3 Å². The van der Waals surface area contributed by atoms with E-state index in [1.807, 2.05) is 13.0 Å². The lowest BCUT2D eigenvalue weighted by Crippen LogP contribution is -2.08. The second kappa shape index (κ2) is 5.78. The molecule has 1 aromatic heterocycles. The molecule has 0 aliphatic heterocycles. The van der Waals surface area contributed by atoms with E-state index in [1.165, 1.54) is 5.69 Å². The number of rotatable bonds is 6. The molecule has 0 aliphatic carbocycles. The van der Waals surface area contributed by atoms with Gasteiger partial charge in [-0.25, -0.2) is 0 Å². The number of aromatic nitrogens is 1. The summed E-state index contributed by atoms with van der Waals surface area (Å²) in [6, 6.07) is 4.09. The van der Waals surface area contributed by atoms with Gasteiger partial charge in [0.15, 0.2) is 0 Å². The molecular formula is C10H18N2O. The highest BCUT2D eigenvalue weighted by Gasteiger charge is 1.97. The first kappa shape index (κ1) is 10.3. The van der Waals surface area contributed by atoms with E-state index in [4.69, 9.17) is 10.5 Å². The number of ether oxygens (including phenoxy) is 1. The highest BCUT2D eigenvalue weighted by molar-refractivity contribution is 5.06. The average molecular weight is 182 g/mol. The first-order valence-electron chi connectivity index (χ1n) is 4.80. The van der Waals surface area contributed by atoms with Gasteiger partial charge in [0.25, 0.3) is 0 Å². The van der Waals surface area contributed by atoms with Crippen LogP contribution in [-0.4, -0.2) is 17.8 Å². The molecule has 0 saturated carbocycles. The largest absolute Gasteiger partial charge is 0.382 e. The monoisotopic (exact) mass is 182 g/mol. The summed E-state index contributed by atoms with van der Waals surface area (Å²) < 4.78 is 7.44. The molecule has 0 amide bonds. The molecule has 74 valence electrons. The zero-order valence-electron chi connectivity index (χ0n) is 8.20. The predicted molar refractivity (Wildman–Crippen MR) is 53.4 cm³/mol. The van der Waals surface area contributed by atoms with Crippen LogP contribution in [0.3, 0.4) is 0 Å². The van der Waals surface area contributed by atoms with Gasteiger partial charge in [0.05, 0.1) is 0 Å². The van der Waals surface area contributed by atoms with Crippen LogP contribution in [0.25, 0.3) is 0 Å². The lowest BCUT2D eigenvalue weighted by atomic mass is 10.4. The standard InChI is InChI=1S/C10H18N2O/c1-2-13-8-4-7-12-6-3-5-10(12)9-11/h3,5-6H,2,4,7-9,11H2,1H3. The van der Waals surface area contributed by atoms with E-state index in [2.05, 4.69) is 16.8 Å². The number of hydrogen-bond donors (Lipinski definition) is 1. The van der Waals surface area contributed by atoms with E-state index in [9.17, 15) is 0 Å². The fourth-order valence-electron chi connectivity index (χ4n) is 1.33. The van der Waals surface area contributed by atoms with Gasteiger partial charge in [-0.15, -0.1) is 0 Å². The Kier molecular flexibility index (Phi) is 4.57. The molecule has 0 atom stereocenters. The van der Waals surface area contributed by atoms with Gasteiger partial charge >= 0.3 is 0 Å². The van der Waals surface area contributed by atoms with Gasteiger partial charge in [0.2, 0.25) is 0 Å². The molecule has 0 saturated heterocycles. The maximum Gasteiger partial charge on any atom is 0.0482 e. The summed E-state index contributed by atoms with van der Waals surface area (Å²) in [4.78, 5) is 0. The summed E-state index contributed by atoms with van der Waals surface area (Å²) in [5.74, 6) is 0. The van der Waals surface area contributed by atoms with E-state index >= 15 is 0 Å².